The molecule has 0 saturated heterocycles. The largest absolute Gasteiger partial charge is 0.377 e. The number of methoxy groups -OCH3 is 1. The lowest BCUT2D eigenvalue weighted by molar-refractivity contribution is 0.177. The maximum Gasteiger partial charge on any atom is 0.176 e. The number of pyridine rings is 1. The highest BCUT2D eigenvalue weighted by atomic mass is 16.5. The van der Waals surface area contributed by atoms with Crippen molar-refractivity contribution in [2.45, 2.75) is 32.0 Å². The molecule has 7 nitrogen and oxygen atoms in total. The van der Waals surface area contributed by atoms with Gasteiger partial charge < -0.3 is 10.1 Å². The monoisotopic (exact) mass is 284 g/mol. The molecular formula is C14H16N6O. The number of fused-ring (bicyclic) bond motifs is 1. The van der Waals surface area contributed by atoms with Crippen molar-refractivity contribution in [2.75, 3.05) is 12.4 Å². The summed E-state index contributed by atoms with van der Waals surface area (Å²) in [5.74, 6) is 2.36. The molecule has 2 aromatic heterocycles. The molecule has 1 aliphatic heterocycles. The highest BCUT2D eigenvalue weighted by Crippen LogP contribution is 2.26. The molecule has 0 amide bonds. The molecule has 0 fully saturated rings. The smallest absolute Gasteiger partial charge is 0.176 e. The second kappa shape index (κ2) is 5.89. The quantitative estimate of drug-likeness (QED) is 0.918. The molecule has 0 bridgehead atoms. The number of aryl methyl sites for hydroxylation is 1. The van der Waals surface area contributed by atoms with Gasteiger partial charge in [0, 0.05) is 19.9 Å². The van der Waals surface area contributed by atoms with Crippen molar-refractivity contribution in [1.82, 2.24) is 19.7 Å². The summed E-state index contributed by atoms with van der Waals surface area (Å²) in [6, 6.07) is 5.70. The number of anilines is 1. The first-order valence-electron chi connectivity index (χ1n) is 6.85. The molecule has 2 aromatic rings. The van der Waals surface area contributed by atoms with Crippen LogP contribution < -0.4 is 5.32 Å². The van der Waals surface area contributed by atoms with Gasteiger partial charge in [-0.05, 0) is 25.0 Å². The van der Waals surface area contributed by atoms with E-state index in [-0.39, 0.29) is 6.04 Å². The Kier molecular flexibility index (Phi) is 3.79. The van der Waals surface area contributed by atoms with Crippen LogP contribution in [0.2, 0.25) is 0 Å². The van der Waals surface area contributed by atoms with Gasteiger partial charge in [0.05, 0.1) is 11.6 Å². The van der Waals surface area contributed by atoms with Gasteiger partial charge in [0.15, 0.2) is 5.82 Å². The van der Waals surface area contributed by atoms with Crippen molar-refractivity contribution in [2.24, 2.45) is 0 Å². The van der Waals surface area contributed by atoms with E-state index in [0.717, 1.165) is 31.0 Å². The number of rotatable bonds is 4. The fourth-order valence-corrected chi connectivity index (χ4v) is 2.45. The zero-order valence-electron chi connectivity index (χ0n) is 11.8. The molecule has 1 atom stereocenters. The van der Waals surface area contributed by atoms with Gasteiger partial charge in [-0.25, -0.2) is 14.6 Å². The van der Waals surface area contributed by atoms with E-state index in [1.807, 2.05) is 10.7 Å². The van der Waals surface area contributed by atoms with E-state index in [1.54, 1.807) is 19.4 Å². The minimum absolute atomic E-state index is 0.0808. The van der Waals surface area contributed by atoms with Crippen LogP contribution in [0.1, 0.15) is 36.1 Å². The molecule has 0 spiro atoms. The molecule has 108 valence electrons. The first kappa shape index (κ1) is 13.5. The van der Waals surface area contributed by atoms with Gasteiger partial charge in [-0.15, -0.1) is 0 Å². The number of nitrogens with zero attached hydrogens (tertiary/aromatic N) is 5. The predicted molar refractivity (Wildman–Crippen MR) is 75.3 cm³/mol. The zero-order chi connectivity index (χ0) is 14.7. The van der Waals surface area contributed by atoms with Crippen LogP contribution >= 0.6 is 0 Å². The summed E-state index contributed by atoms with van der Waals surface area (Å²) < 4.78 is 7.01. The standard InChI is InChI=1S/C14H16N6O/c1-21-9-13-18-14-11(3-2-6-20(14)19-13)17-12-5-4-10(7-15)8-16-12/h4-5,8,11H,2-3,6,9H2,1H3,(H,16,17). The van der Waals surface area contributed by atoms with Crippen LogP contribution in [0, 0.1) is 11.3 Å². The normalized spacial score (nSPS) is 17.0. The summed E-state index contributed by atoms with van der Waals surface area (Å²) in [6.07, 6.45) is 3.58. The van der Waals surface area contributed by atoms with Gasteiger partial charge in [-0.1, -0.05) is 0 Å². The third kappa shape index (κ3) is 2.85. The molecule has 1 unspecified atom stereocenters. The van der Waals surface area contributed by atoms with Crippen LogP contribution in [-0.4, -0.2) is 26.9 Å². The first-order valence-corrected chi connectivity index (χ1v) is 6.85. The average molecular weight is 284 g/mol. The van der Waals surface area contributed by atoms with E-state index < -0.39 is 0 Å². The Hall–Kier alpha value is -2.46. The summed E-state index contributed by atoms with van der Waals surface area (Å²) in [5, 5.41) is 16.6. The molecule has 0 radical (unpaired) electrons. The maximum atomic E-state index is 8.79. The zero-order valence-corrected chi connectivity index (χ0v) is 11.8. The fourth-order valence-electron chi connectivity index (χ4n) is 2.45. The predicted octanol–water partition coefficient (Wildman–Crippen LogP) is 1.64. The second-order valence-electron chi connectivity index (χ2n) is 4.93. The highest BCUT2D eigenvalue weighted by molar-refractivity contribution is 5.40. The number of nitriles is 1. The number of hydrogen-bond donors (Lipinski definition) is 1. The van der Waals surface area contributed by atoms with Crippen LogP contribution in [0.25, 0.3) is 0 Å². The van der Waals surface area contributed by atoms with Gasteiger partial charge in [-0.3, -0.25) is 0 Å². The molecule has 3 heterocycles. The lowest BCUT2D eigenvalue weighted by Gasteiger charge is -2.23. The van der Waals surface area contributed by atoms with Gasteiger partial charge in [0.2, 0.25) is 0 Å². The minimum atomic E-state index is 0.0808. The number of nitrogens with one attached hydrogen (secondary N) is 1. The Morgan fingerprint density at radius 1 is 1.52 bits per heavy atom. The molecule has 0 aromatic carbocycles. The third-order valence-corrected chi connectivity index (χ3v) is 3.41. The topological polar surface area (TPSA) is 88.6 Å². The van der Waals surface area contributed by atoms with Crippen LogP contribution in [0.5, 0.6) is 0 Å². The SMILES string of the molecule is COCc1nc2n(n1)CCCC2Nc1ccc(C#N)cn1. The van der Waals surface area contributed by atoms with Gasteiger partial charge in [0.25, 0.3) is 0 Å². The van der Waals surface area contributed by atoms with E-state index in [1.165, 1.54) is 0 Å². The Labute approximate surface area is 122 Å². The molecule has 21 heavy (non-hydrogen) atoms. The summed E-state index contributed by atoms with van der Waals surface area (Å²) in [5.41, 5.74) is 0.551. The van der Waals surface area contributed by atoms with Crippen molar-refractivity contribution in [3.63, 3.8) is 0 Å². The first-order chi connectivity index (χ1) is 10.3. The Bertz CT molecular complexity index is 657. The van der Waals surface area contributed by atoms with Crippen LogP contribution in [0.4, 0.5) is 5.82 Å². The molecule has 0 saturated carbocycles. The van der Waals surface area contributed by atoms with Crippen LogP contribution in [-0.2, 0) is 17.9 Å². The summed E-state index contributed by atoms with van der Waals surface area (Å²) >= 11 is 0. The van der Waals surface area contributed by atoms with Crippen molar-refractivity contribution >= 4 is 5.82 Å². The van der Waals surface area contributed by atoms with E-state index >= 15 is 0 Å². The summed E-state index contributed by atoms with van der Waals surface area (Å²) in [4.78, 5) is 8.78. The fraction of sp³-hybridized carbons (Fsp3) is 0.429. The lowest BCUT2D eigenvalue weighted by atomic mass is 10.1. The maximum absolute atomic E-state index is 8.79. The lowest BCUT2D eigenvalue weighted by Crippen LogP contribution is -2.23. The van der Waals surface area contributed by atoms with Crippen LogP contribution in [0.15, 0.2) is 18.3 Å². The average Bonchev–Trinajstić information content (AvgIpc) is 2.92. The number of ether oxygens (including phenoxy) is 1. The second-order valence-corrected chi connectivity index (χ2v) is 4.93. The van der Waals surface area contributed by atoms with Gasteiger partial charge in [-0.2, -0.15) is 10.4 Å². The van der Waals surface area contributed by atoms with Crippen molar-refractivity contribution in [3.05, 3.63) is 35.5 Å². The molecule has 7 heteroatoms. The summed E-state index contributed by atoms with van der Waals surface area (Å²) in [7, 11) is 1.64. The van der Waals surface area contributed by atoms with E-state index in [9.17, 15) is 0 Å². The summed E-state index contributed by atoms with van der Waals surface area (Å²) in [6.45, 7) is 1.30. The van der Waals surface area contributed by atoms with Crippen molar-refractivity contribution in [1.29, 1.82) is 5.26 Å². The number of hydrogen-bond acceptors (Lipinski definition) is 6. The van der Waals surface area contributed by atoms with Gasteiger partial charge >= 0.3 is 0 Å². The van der Waals surface area contributed by atoms with Gasteiger partial charge in [0.1, 0.15) is 24.3 Å². The highest BCUT2D eigenvalue weighted by Gasteiger charge is 2.24. The van der Waals surface area contributed by atoms with E-state index in [4.69, 9.17) is 10.00 Å². The molecule has 1 N–H and O–H groups in total. The Morgan fingerprint density at radius 2 is 2.43 bits per heavy atom. The molecule has 1 aliphatic rings. The van der Waals surface area contributed by atoms with Crippen molar-refractivity contribution in [3.8, 4) is 6.07 Å². The molecule has 0 aliphatic carbocycles. The molecular weight excluding hydrogens is 268 g/mol. The Morgan fingerprint density at radius 3 is 3.14 bits per heavy atom. The Balaban J connectivity index is 1.79. The minimum Gasteiger partial charge on any atom is -0.377 e. The van der Waals surface area contributed by atoms with Crippen molar-refractivity contribution < 1.29 is 4.74 Å². The molecule has 3 rings (SSSR count). The van der Waals surface area contributed by atoms with Crippen LogP contribution in [0.3, 0.4) is 0 Å². The van der Waals surface area contributed by atoms with E-state index in [2.05, 4.69) is 26.5 Å². The number of aromatic nitrogens is 4. The van der Waals surface area contributed by atoms with E-state index in [0.29, 0.717) is 18.0 Å². The third-order valence-electron chi connectivity index (χ3n) is 3.41.